The molecule has 0 fully saturated rings. The van der Waals surface area contributed by atoms with E-state index < -0.39 is 17.5 Å². The van der Waals surface area contributed by atoms with Gasteiger partial charge in [-0.2, -0.15) is 0 Å². The molecule has 30 heavy (non-hydrogen) atoms. The van der Waals surface area contributed by atoms with Crippen LogP contribution in [0, 0.1) is 11.6 Å². The van der Waals surface area contributed by atoms with Crippen LogP contribution in [0.3, 0.4) is 0 Å². The Morgan fingerprint density at radius 2 is 1.80 bits per heavy atom. The maximum absolute atomic E-state index is 14.4. The molecule has 4 rings (SSSR count). The zero-order valence-electron chi connectivity index (χ0n) is 16.9. The van der Waals surface area contributed by atoms with Gasteiger partial charge in [-0.05, 0) is 42.7 Å². The highest BCUT2D eigenvalue weighted by Crippen LogP contribution is 2.33. The first-order valence-corrected chi connectivity index (χ1v) is 10.3. The number of halogens is 2. The highest BCUT2D eigenvalue weighted by atomic mass is 19.2. The lowest BCUT2D eigenvalue weighted by molar-refractivity contribution is 0.100. The second-order valence-corrected chi connectivity index (χ2v) is 7.67. The Kier molecular flexibility index (Phi) is 5.53. The van der Waals surface area contributed by atoms with E-state index in [-0.39, 0.29) is 12.1 Å². The van der Waals surface area contributed by atoms with Crippen LogP contribution in [0.4, 0.5) is 8.78 Å². The van der Waals surface area contributed by atoms with Crippen LogP contribution in [-0.2, 0) is 13.0 Å². The summed E-state index contributed by atoms with van der Waals surface area (Å²) >= 11 is 0. The highest BCUT2D eigenvalue weighted by molar-refractivity contribution is 6.18. The minimum atomic E-state index is -0.869. The minimum absolute atomic E-state index is 0.157. The third kappa shape index (κ3) is 3.56. The standard InChI is InChI=1S/C25H24F2N2O/c1-2-3-4-7-16-12-13-18-22(14-16)29(15-17-8-5-10-20(26)24(17)27)21-11-6-9-19(23(18)21)25(28)30/h5-6,8-14H,2-4,7,15H2,1H3,(H2,28,30). The van der Waals surface area contributed by atoms with E-state index in [2.05, 4.69) is 19.1 Å². The fraction of sp³-hybridized carbons (Fsp3) is 0.240. The van der Waals surface area contributed by atoms with Crippen molar-refractivity contribution in [1.82, 2.24) is 4.57 Å². The largest absolute Gasteiger partial charge is 0.366 e. The minimum Gasteiger partial charge on any atom is -0.366 e. The molecule has 0 aliphatic heterocycles. The molecule has 0 atom stereocenters. The summed E-state index contributed by atoms with van der Waals surface area (Å²) in [6.07, 6.45) is 4.33. The van der Waals surface area contributed by atoms with Crippen LogP contribution in [0.15, 0.2) is 54.6 Å². The number of aromatic nitrogens is 1. The smallest absolute Gasteiger partial charge is 0.249 e. The summed E-state index contributed by atoms with van der Waals surface area (Å²) < 4.78 is 30.2. The van der Waals surface area contributed by atoms with Crippen LogP contribution in [0.5, 0.6) is 0 Å². The molecule has 0 unspecified atom stereocenters. The van der Waals surface area contributed by atoms with Crippen molar-refractivity contribution in [2.75, 3.05) is 0 Å². The van der Waals surface area contributed by atoms with Gasteiger partial charge < -0.3 is 10.3 Å². The lowest BCUT2D eigenvalue weighted by Crippen LogP contribution is -2.11. The molecule has 1 aromatic heterocycles. The molecule has 1 heterocycles. The number of unbranched alkanes of at least 4 members (excludes halogenated alkanes) is 2. The van der Waals surface area contributed by atoms with Crippen molar-refractivity contribution < 1.29 is 13.6 Å². The fourth-order valence-electron chi connectivity index (χ4n) is 4.14. The average Bonchev–Trinajstić information content (AvgIpc) is 3.04. The molecule has 154 valence electrons. The maximum atomic E-state index is 14.4. The molecule has 0 aliphatic rings. The summed E-state index contributed by atoms with van der Waals surface area (Å²) in [5, 5.41) is 1.63. The molecule has 0 saturated heterocycles. The molecule has 3 aromatic carbocycles. The predicted molar refractivity (Wildman–Crippen MR) is 117 cm³/mol. The first-order chi connectivity index (χ1) is 14.5. The van der Waals surface area contributed by atoms with Gasteiger partial charge in [-0.25, -0.2) is 8.78 Å². The Hall–Kier alpha value is -3.21. The average molecular weight is 406 g/mol. The van der Waals surface area contributed by atoms with Crippen LogP contribution in [0.1, 0.15) is 47.7 Å². The molecule has 0 saturated carbocycles. The molecule has 0 radical (unpaired) electrons. The van der Waals surface area contributed by atoms with Gasteiger partial charge in [0.1, 0.15) is 0 Å². The third-order valence-electron chi connectivity index (χ3n) is 5.65. The highest BCUT2D eigenvalue weighted by Gasteiger charge is 2.18. The zero-order chi connectivity index (χ0) is 21.3. The van der Waals surface area contributed by atoms with Crippen LogP contribution >= 0.6 is 0 Å². The third-order valence-corrected chi connectivity index (χ3v) is 5.65. The van der Waals surface area contributed by atoms with Gasteiger partial charge in [-0.1, -0.05) is 50.1 Å². The van der Waals surface area contributed by atoms with Crippen LogP contribution in [0.2, 0.25) is 0 Å². The molecule has 0 aliphatic carbocycles. The normalized spacial score (nSPS) is 11.4. The number of hydrogen-bond acceptors (Lipinski definition) is 1. The number of rotatable bonds is 7. The number of hydrogen-bond donors (Lipinski definition) is 1. The van der Waals surface area contributed by atoms with Gasteiger partial charge in [-0.3, -0.25) is 4.79 Å². The van der Waals surface area contributed by atoms with Crippen molar-refractivity contribution in [2.24, 2.45) is 5.73 Å². The van der Waals surface area contributed by atoms with Gasteiger partial charge in [0.2, 0.25) is 5.91 Å². The summed E-state index contributed by atoms with van der Waals surface area (Å²) in [4.78, 5) is 12.1. The Balaban J connectivity index is 1.94. The summed E-state index contributed by atoms with van der Waals surface area (Å²) in [7, 11) is 0. The van der Waals surface area contributed by atoms with E-state index in [0.29, 0.717) is 5.56 Å². The van der Waals surface area contributed by atoms with Crippen molar-refractivity contribution in [3.05, 3.63) is 82.9 Å². The number of primary amides is 1. The Morgan fingerprint density at radius 3 is 2.57 bits per heavy atom. The van der Waals surface area contributed by atoms with Gasteiger partial charge in [0, 0.05) is 27.4 Å². The quantitative estimate of drug-likeness (QED) is 0.379. The molecule has 4 aromatic rings. The van der Waals surface area contributed by atoms with Gasteiger partial charge in [0.25, 0.3) is 0 Å². The van der Waals surface area contributed by atoms with Gasteiger partial charge in [-0.15, -0.1) is 0 Å². The number of fused-ring (bicyclic) bond motifs is 3. The number of carbonyl (C=O) groups is 1. The second-order valence-electron chi connectivity index (χ2n) is 7.67. The number of carbonyl (C=O) groups excluding carboxylic acids is 1. The summed E-state index contributed by atoms with van der Waals surface area (Å²) in [5.41, 5.74) is 9.15. The molecule has 5 heteroatoms. The maximum Gasteiger partial charge on any atom is 0.249 e. The lowest BCUT2D eigenvalue weighted by atomic mass is 10.0. The van der Waals surface area contributed by atoms with E-state index >= 15 is 0 Å². The Morgan fingerprint density at radius 1 is 1.00 bits per heavy atom. The zero-order valence-corrected chi connectivity index (χ0v) is 16.9. The first kappa shape index (κ1) is 20.1. The Labute approximate surface area is 174 Å². The SMILES string of the molecule is CCCCCc1ccc2c3c(C(N)=O)cccc3n(Cc3cccc(F)c3F)c2c1. The van der Waals surface area contributed by atoms with E-state index in [9.17, 15) is 13.6 Å². The summed E-state index contributed by atoms with van der Waals surface area (Å²) in [5.74, 6) is -2.23. The molecule has 0 spiro atoms. The molecule has 2 N–H and O–H groups in total. The van der Waals surface area contributed by atoms with Crippen molar-refractivity contribution >= 4 is 27.7 Å². The van der Waals surface area contributed by atoms with E-state index in [1.165, 1.54) is 11.6 Å². The number of nitrogens with zero attached hydrogens (tertiary/aromatic N) is 1. The topological polar surface area (TPSA) is 48.0 Å². The monoisotopic (exact) mass is 406 g/mol. The molecule has 1 amide bonds. The van der Waals surface area contributed by atoms with Crippen molar-refractivity contribution in [3.63, 3.8) is 0 Å². The van der Waals surface area contributed by atoms with Gasteiger partial charge in [0.05, 0.1) is 12.1 Å². The van der Waals surface area contributed by atoms with Crippen LogP contribution < -0.4 is 5.73 Å². The van der Waals surface area contributed by atoms with Crippen molar-refractivity contribution in [1.29, 1.82) is 0 Å². The molecular formula is C25H24F2N2O. The number of amides is 1. The Bertz CT molecular complexity index is 1240. The molecular weight excluding hydrogens is 382 g/mol. The predicted octanol–water partition coefficient (Wildman–Crippen LogP) is 5.95. The number of benzene rings is 3. The summed E-state index contributed by atoms with van der Waals surface area (Å²) in [6, 6.07) is 15.7. The van der Waals surface area contributed by atoms with E-state index in [1.54, 1.807) is 18.2 Å². The van der Waals surface area contributed by atoms with Crippen molar-refractivity contribution in [2.45, 2.75) is 39.2 Å². The van der Waals surface area contributed by atoms with E-state index in [4.69, 9.17) is 5.73 Å². The van der Waals surface area contributed by atoms with Gasteiger partial charge >= 0.3 is 0 Å². The lowest BCUT2D eigenvalue weighted by Gasteiger charge is -2.10. The summed E-state index contributed by atoms with van der Waals surface area (Å²) in [6.45, 7) is 2.32. The van der Waals surface area contributed by atoms with Gasteiger partial charge in [0.15, 0.2) is 11.6 Å². The van der Waals surface area contributed by atoms with Crippen LogP contribution in [-0.4, -0.2) is 10.5 Å². The number of aryl methyl sites for hydroxylation is 1. The molecule has 3 nitrogen and oxygen atoms in total. The van der Waals surface area contributed by atoms with Crippen molar-refractivity contribution in [3.8, 4) is 0 Å². The van der Waals surface area contributed by atoms with E-state index in [1.807, 2.05) is 16.7 Å². The number of nitrogens with two attached hydrogens (primary N) is 1. The van der Waals surface area contributed by atoms with Crippen LogP contribution in [0.25, 0.3) is 21.8 Å². The fourth-order valence-corrected chi connectivity index (χ4v) is 4.14. The first-order valence-electron chi connectivity index (χ1n) is 10.3. The second kappa shape index (κ2) is 8.27. The molecule has 0 bridgehead atoms. The van der Waals surface area contributed by atoms with E-state index in [0.717, 1.165) is 53.6 Å².